The van der Waals surface area contributed by atoms with Crippen molar-refractivity contribution in [3.63, 3.8) is 0 Å². The minimum Gasteiger partial charge on any atom is -0.478 e. The fourth-order valence-corrected chi connectivity index (χ4v) is 6.67. The smallest absolute Gasteiger partial charge is 0.335 e. The maximum absolute atomic E-state index is 14.0. The summed E-state index contributed by atoms with van der Waals surface area (Å²) < 4.78 is 0. The molecule has 1 aliphatic rings. The molecule has 0 bridgehead atoms. The number of hydrogen-bond acceptors (Lipinski definition) is 5. The summed E-state index contributed by atoms with van der Waals surface area (Å²) in [6, 6.07) is 12.1. The molecule has 0 spiro atoms. The van der Waals surface area contributed by atoms with Crippen LogP contribution in [0.3, 0.4) is 0 Å². The molecule has 0 fully saturated rings. The molecule has 0 atom stereocenters. The highest BCUT2D eigenvalue weighted by atomic mass is 35.5. The molecule has 1 heterocycles. The van der Waals surface area contributed by atoms with Gasteiger partial charge >= 0.3 is 5.97 Å². The molecule has 1 N–H and O–H groups in total. The fourth-order valence-electron chi connectivity index (χ4n) is 4.45. The molecule has 4 amide bonds. The van der Waals surface area contributed by atoms with Crippen LogP contribution >= 0.6 is 81.2 Å². The first kappa shape index (κ1) is 32.1. The minimum atomic E-state index is -1.28. The highest BCUT2D eigenvalue weighted by Gasteiger charge is 2.38. The predicted molar refractivity (Wildman–Crippen MR) is 170 cm³/mol. The van der Waals surface area contributed by atoms with Gasteiger partial charge in [-0.05, 0) is 60.7 Å². The van der Waals surface area contributed by atoms with Crippen molar-refractivity contribution in [2.24, 2.45) is 0 Å². The van der Waals surface area contributed by atoms with Crippen molar-refractivity contribution in [2.45, 2.75) is 0 Å². The number of hydrogen-bond donors (Lipinski definition) is 1. The molecule has 0 radical (unpaired) electrons. The van der Waals surface area contributed by atoms with E-state index in [2.05, 4.69) is 0 Å². The van der Waals surface area contributed by atoms with E-state index in [1.165, 1.54) is 54.6 Å². The fraction of sp³-hybridized carbons (Fsp3) is 0. The van der Waals surface area contributed by atoms with Gasteiger partial charge in [-0.2, -0.15) is 0 Å². The SMILES string of the molecule is O=C(O)c1ccc2c(c1)C(=O)N(c1ccc(N(C(=O)c3c(Cl)cc(Cl)cc3Cl)C(=O)c3c(Cl)cc(Cl)cc3Cl)c(Cl)c1)C2=O. The third-order valence-corrected chi connectivity index (χ3v) is 8.34. The molecule has 5 rings (SSSR count). The number of fused-ring (bicyclic) bond motifs is 1. The Morgan fingerprint density at radius 1 is 0.591 bits per heavy atom. The highest BCUT2D eigenvalue weighted by Crippen LogP contribution is 2.39. The van der Waals surface area contributed by atoms with E-state index in [4.69, 9.17) is 81.2 Å². The molecule has 44 heavy (non-hydrogen) atoms. The molecule has 0 aliphatic carbocycles. The number of carboxylic acids is 1. The molecule has 1 aliphatic heterocycles. The number of amides is 4. The molecule has 0 saturated heterocycles. The van der Waals surface area contributed by atoms with Crippen LogP contribution in [0.25, 0.3) is 0 Å². The first-order chi connectivity index (χ1) is 20.7. The zero-order chi connectivity index (χ0) is 32.2. The minimum absolute atomic E-state index is 0.0220. The summed E-state index contributed by atoms with van der Waals surface area (Å²) in [5.74, 6) is -4.91. The van der Waals surface area contributed by atoms with Gasteiger partial charge in [-0.25, -0.2) is 14.6 Å². The molecule has 8 nitrogen and oxygen atoms in total. The van der Waals surface area contributed by atoms with Crippen molar-refractivity contribution in [1.82, 2.24) is 0 Å². The Morgan fingerprint density at radius 3 is 1.52 bits per heavy atom. The third-order valence-electron chi connectivity index (χ3n) is 6.41. The van der Waals surface area contributed by atoms with Gasteiger partial charge < -0.3 is 5.11 Å². The van der Waals surface area contributed by atoms with Gasteiger partial charge in [0.15, 0.2) is 0 Å². The first-order valence-electron chi connectivity index (χ1n) is 11.9. The Balaban J connectivity index is 1.63. The molecule has 15 heteroatoms. The maximum atomic E-state index is 14.0. The van der Waals surface area contributed by atoms with Gasteiger partial charge in [0, 0.05) is 10.0 Å². The Hall–Kier alpha value is -3.34. The zero-order valence-electron chi connectivity index (χ0n) is 21.3. The second-order valence-electron chi connectivity index (χ2n) is 9.08. The number of rotatable bonds is 5. The first-order valence-corrected chi connectivity index (χ1v) is 14.6. The lowest BCUT2D eigenvalue weighted by molar-refractivity contribution is 0.0695. The Labute approximate surface area is 283 Å². The van der Waals surface area contributed by atoms with Crippen LogP contribution in [0.15, 0.2) is 60.7 Å². The molecule has 0 aromatic heterocycles. The van der Waals surface area contributed by atoms with E-state index < -0.39 is 29.6 Å². The van der Waals surface area contributed by atoms with E-state index in [0.717, 1.165) is 11.0 Å². The van der Waals surface area contributed by atoms with E-state index in [1.807, 2.05) is 0 Å². The highest BCUT2D eigenvalue weighted by molar-refractivity contribution is 6.48. The summed E-state index contributed by atoms with van der Waals surface area (Å²) in [5.41, 5.74) is -1.20. The van der Waals surface area contributed by atoms with Gasteiger partial charge in [0.25, 0.3) is 23.6 Å². The summed E-state index contributed by atoms with van der Waals surface area (Å²) in [4.78, 5) is 67.1. The number of carbonyl (C=O) groups is 5. The quantitative estimate of drug-likeness (QED) is 0.205. The monoisotopic (exact) mass is 728 g/mol. The number of nitrogens with zero attached hydrogens (tertiary/aromatic N) is 2. The van der Waals surface area contributed by atoms with Gasteiger partial charge in [0.05, 0.1) is 64.3 Å². The lowest BCUT2D eigenvalue weighted by Crippen LogP contribution is -2.38. The lowest BCUT2D eigenvalue weighted by Gasteiger charge is -2.25. The van der Waals surface area contributed by atoms with Crippen LogP contribution in [0.2, 0.25) is 35.2 Å². The van der Waals surface area contributed by atoms with Crippen LogP contribution in [0.5, 0.6) is 0 Å². The van der Waals surface area contributed by atoms with Crippen LogP contribution < -0.4 is 9.80 Å². The zero-order valence-corrected chi connectivity index (χ0v) is 26.6. The van der Waals surface area contributed by atoms with E-state index in [9.17, 15) is 29.1 Å². The average Bonchev–Trinajstić information content (AvgIpc) is 3.17. The van der Waals surface area contributed by atoms with Gasteiger partial charge in [0.2, 0.25) is 0 Å². The molecule has 0 unspecified atom stereocenters. The average molecular weight is 732 g/mol. The lowest BCUT2D eigenvalue weighted by atomic mass is 10.1. The molecular weight excluding hydrogens is 720 g/mol. The van der Waals surface area contributed by atoms with Gasteiger partial charge in [-0.1, -0.05) is 81.2 Å². The number of anilines is 2. The number of halogens is 7. The van der Waals surface area contributed by atoms with Crippen molar-refractivity contribution in [3.8, 4) is 0 Å². The molecule has 0 saturated carbocycles. The number of benzene rings is 4. The third kappa shape index (κ3) is 5.63. The Kier molecular flexibility index (Phi) is 8.90. The van der Waals surface area contributed by atoms with E-state index in [0.29, 0.717) is 4.90 Å². The number of aromatic carboxylic acids is 1. The van der Waals surface area contributed by atoms with Crippen molar-refractivity contribution >= 4 is 122 Å². The summed E-state index contributed by atoms with van der Waals surface area (Å²) in [7, 11) is 0. The van der Waals surface area contributed by atoms with Gasteiger partial charge in [0.1, 0.15) is 0 Å². The normalized spacial score (nSPS) is 12.4. The van der Waals surface area contributed by atoms with E-state index >= 15 is 0 Å². The van der Waals surface area contributed by atoms with Gasteiger partial charge in [-0.15, -0.1) is 0 Å². The molecular formula is C29H11Cl7N2O6. The van der Waals surface area contributed by atoms with Gasteiger partial charge in [-0.3, -0.25) is 19.2 Å². The van der Waals surface area contributed by atoms with Crippen LogP contribution in [-0.4, -0.2) is 34.7 Å². The predicted octanol–water partition coefficient (Wildman–Crippen LogP) is 9.25. The second-order valence-corrected chi connectivity index (χ2v) is 12.0. The topological polar surface area (TPSA) is 112 Å². The van der Waals surface area contributed by atoms with Crippen molar-refractivity contribution < 1.29 is 29.1 Å². The molecule has 4 aromatic carbocycles. The van der Waals surface area contributed by atoms with Crippen LogP contribution in [0.1, 0.15) is 51.8 Å². The standard InChI is InChI=1S/C29H11Cl7N2O6/c30-12-6-18(33)23(19(34)7-12)27(41)38(28(42)24-20(35)8-13(31)9-21(24)36)22-4-2-14(10-17(22)32)37-25(39)15-3-1-11(29(43)44)5-16(15)26(37)40/h1-10H,(H,43,44). The summed E-state index contributed by atoms with van der Waals surface area (Å²) in [5, 5.41) is 8.53. The largest absolute Gasteiger partial charge is 0.478 e. The van der Waals surface area contributed by atoms with Crippen molar-refractivity contribution in [1.29, 1.82) is 0 Å². The molecule has 4 aromatic rings. The van der Waals surface area contributed by atoms with E-state index in [-0.39, 0.29) is 74.4 Å². The summed E-state index contributed by atoms with van der Waals surface area (Å²) >= 11 is 43.8. The molecule has 222 valence electrons. The van der Waals surface area contributed by atoms with Crippen molar-refractivity contribution in [3.05, 3.63) is 124 Å². The Bertz CT molecular complexity index is 1860. The summed E-state index contributed by atoms with van der Waals surface area (Å²) in [6.07, 6.45) is 0. The number of imide groups is 2. The number of carbonyl (C=O) groups excluding carboxylic acids is 4. The second kappa shape index (κ2) is 12.2. The van der Waals surface area contributed by atoms with Crippen LogP contribution in [0.4, 0.5) is 11.4 Å². The number of carboxylic acid groups (broad SMARTS) is 1. The summed E-state index contributed by atoms with van der Waals surface area (Å²) in [6.45, 7) is 0. The van der Waals surface area contributed by atoms with Crippen LogP contribution in [0, 0.1) is 0 Å². The van der Waals surface area contributed by atoms with E-state index in [1.54, 1.807) is 0 Å². The van der Waals surface area contributed by atoms with Crippen LogP contribution in [-0.2, 0) is 0 Å². The van der Waals surface area contributed by atoms with Crippen molar-refractivity contribution in [2.75, 3.05) is 9.80 Å². The Morgan fingerprint density at radius 2 is 1.07 bits per heavy atom. The maximum Gasteiger partial charge on any atom is 0.335 e.